The Balaban J connectivity index is 3.43. The number of rotatable bonds is 10. The van der Waals surface area contributed by atoms with Crippen LogP contribution in [0.15, 0.2) is 0 Å². The Morgan fingerprint density at radius 1 is 0.632 bits per heavy atom. The van der Waals surface area contributed by atoms with Crippen LogP contribution in [0.2, 0.25) is 0 Å². The van der Waals surface area contributed by atoms with Gasteiger partial charge in [-0.3, -0.25) is 0 Å². The highest BCUT2D eigenvalue weighted by Crippen LogP contribution is 2.64. The molecule has 1 aliphatic rings. The largest absolute Gasteiger partial charge is 0.460 e. The second-order valence-corrected chi connectivity index (χ2v) is 8.76. The molecule has 0 aromatic carbocycles. The van der Waals surface area contributed by atoms with E-state index < -0.39 is 71.7 Å². The van der Waals surface area contributed by atoms with Crippen molar-refractivity contribution >= 4 is 5.97 Å². The molecule has 0 amide bonds. The third-order valence-corrected chi connectivity index (χ3v) is 5.62. The normalized spacial score (nSPS) is 19.8. The number of carbonyl (C=O) groups is 1. The van der Waals surface area contributed by atoms with Crippen molar-refractivity contribution in [1.29, 1.82) is 0 Å². The van der Waals surface area contributed by atoms with E-state index in [0.29, 0.717) is 19.3 Å². The number of carbonyl (C=O) groups excluding carboxylic acids is 1. The van der Waals surface area contributed by atoms with Crippen LogP contribution in [-0.4, -0.2) is 70.4 Å². The Bertz CT molecular complexity index is 857. The van der Waals surface area contributed by atoms with E-state index in [9.17, 15) is 84.5 Å². The molecule has 0 bridgehead atoms. The smallest absolute Gasteiger partial charge is 0.460 e. The number of esters is 1. The molecule has 38 heavy (non-hydrogen) atoms. The summed E-state index contributed by atoms with van der Waals surface area (Å²) < 4.78 is 231. The molecule has 1 fully saturated rings. The fourth-order valence-electron chi connectivity index (χ4n) is 3.27. The molecule has 0 saturated heterocycles. The minimum Gasteiger partial charge on any atom is -0.460 e. The highest BCUT2D eigenvalue weighted by molar-refractivity contribution is 5.79. The van der Waals surface area contributed by atoms with Crippen molar-refractivity contribution in [2.75, 3.05) is 0 Å². The van der Waals surface area contributed by atoms with Gasteiger partial charge in [0.1, 0.15) is 6.10 Å². The Morgan fingerprint density at radius 2 is 0.974 bits per heavy atom. The van der Waals surface area contributed by atoms with Crippen molar-refractivity contribution in [3.63, 3.8) is 0 Å². The SMILES string of the molecule is CC(O)(CC(F)(F)C(F)(F)C(F)(F)C(F)(F)C(F)(F)C(F)(F)C(F)(F)C(F)(F)F)C(=O)OC1CCCCC1. The molecule has 1 N–H and O–H groups in total. The highest BCUT2D eigenvalue weighted by atomic mass is 19.4. The average molecular weight is 604 g/mol. The zero-order chi connectivity index (χ0) is 30.6. The fourth-order valence-corrected chi connectivity index (χ4v) is 3.27. The Morgan fingerprint density at radius 3 is 1.34 bits per heavy atom. The standard InChI is InChI=1S/C18H17F17O3/c1-10(37,9(36)38-8-5-3-2-4-6-8)7-11(19,20)12(21,22)13(23,24)14(25,26)15(27,28)16(29,30)17(31,32)18(33,34)35/h8,37H,2-7H2,1H3. The topological polar surface area (TPSA) is 46.5 Å². The van der Waals surface area contributed by atoms with Crippen LogP contribution >= 0.6 is 0 Å². The number of hydrogen-bond acceptors (Lipinski definition) is 3. The van der Waals surface area contributed by atoms with Crippen LogP contribution in [0.3, 0.4) is 0 Å². The molecule has 0 spiro atoms. The van der Waals surface area contributed by atoms with E-state index in [4.69, 9.17) is 0 Å². The zero-order valence-corrected chi connectivity index (χ0v) is 18.5. The molecule has 0 radical (unpaired) electrons. The lowest BCUT2D eigenvalue weighted by atomic mass is 9.85. The van der Waals surface area contributed by atoms with Crippen LogP contribution in [0, 0.1) is 0 Å². The van der Waals surface area contributed by atoms with Gasteiger partial charge in [0.25, 0.3) is 0 Å². The highest BCUT2D eigenvalue weighted by Gasteiger charge is 2.95. The summed E-state index contributed by atoms with van der Waals surface area (Å²) in [5.41, 5.74) is -3.94. The maximum absolute atomic E-state index is 14.1. The van der Waals surface area contributed by atoms with E-state index in [0.717, 1.165) is 0 Å². The molecular weight excluding hydrogens is 587 g/mol. The summed E-state index contributed by atoms with van der Waals surface area (Å²) in [6, 6.07) is 0. The average Bonchev–Trinajstić information content (AvgIpc) is 2.72. The summed E-state index contributed by atoms with van der Waals surface area (Å²) in [6.45, 7) is -0.0783. The van der Waals surface area contributed by atoms with Crippen LogP contribution in [0.5, 0.6) is 0 Å². The Kier molecular flexibility index (Phi) is 8.75. The lowest BCUT2D eigenvalue weighted by Gasteiger charge is -2.43. The molecule has 20 heteroatoms. The first kappa shape index (κ1) is 34.3. The van der Waals surface area contributed by atoms with Crippen LogP contribution in [0.1, 0.15) is 45.4 Å². The molecule has 1 saturated carbocycles. The van der Waals surface area contributed by atoms with Gasteiger partial charge in [-0.1, -0.05) is 6.42 Å². The van der Waals surface area contributed by atoms with E-state index in [2.05, 4.69) is 4.74 Å². The summed E-state index contributed by atoms with van der Waals surface area (Å²) >= 11 is 0. The summed E-state index contributed by atoms with van der Waals surface area (Å²) in [5, 5.41) is 9.75. The number of alkyl halides is 17. The summed E-state index contributed by atoms with van der Waals surface area (Å²) in [6.07, 6.45) is -10.7. The van der Waals surface area contributed by atoms with Gasteiger partial charge in [0, 0.05) is 0 Å². The third kappa shape index (κ3) is 5.21. The van der Waals surface area contributed by atoms with Crippen molar-refractivity contribution in [1.82, 2.24) is 0 Å². The molecule has 0 heterocycles. The lowest BCUT2D eigenvalue weighted by Crippen LogP contribution is -2.74. The lowest BCUT2D eigenvalue weighted by molar-refractivity contribution is -0.462. The first-order valence-corrected chi connectivity index (χ1v) is 10.1. The fraction of sp³-hybridized carbons (Fsp3) is 0.944. The quantitative estimate of drug-likeness (QED) is 0.216. The molecule has 1 aliphatic carbocycles. The van der Waals surface area contributed by atoms with Crippen LogP contribution < -0.4 is 0 Å². The minimum atomic E-state index is -8.75. The Hall–Kier alpha value is -1.76. The van der Waals surface area contributed by atoms with Gasteiger partial charge in [0.05, 0.1) is 6.42 Å². The van der Waals surface area contributed by atoms with Gasteiger partial charge in [0.2, 0.25) is 0 Å². The molecule has 1 atom stereocenters. The van der Waals surface area contributed by atoms with Gasteiger partial charge >= 0.3 is 53.6 Å². The summed E-state index contributed by atoms with van der Waals surface area (Å²) in [4.78, 5) is 11.9. The maximum atomic E-state index is 14.1. The van der Waals surface area contributed by atoms with Crippen LogP contribution in [0.25, 0.3) is 0 Å². The molecule has 0 aromatic heterocycles. The Labute approximate surface area is 201 Å². The van der Waals surface area contributed by atoms with Gasteiger partial charge in [-0.25, -0.2) is 4.79 Å². The van der Waals surface area contributed by atoms with Crippen molar-refractivity contribution in [2.24, 2.45) is 0 Å². The summed E-state index contributed by atoms with van der Waals surface area (Å²) in [5.74, 6) is -59.9. The molecular formula is C18H17F17O3. The van der Waals surface area contributed by atoms with E-state index in [1.165, 1.54) is 0 Å². The van der Waals surface area contributed by atoms with Gasteiger partial charge in [-0.05, 0) is 32.6 Å². The predicted molar refractivity (Wildman–Crippen MR) is 88.9 cm³/mol. The molecule has 0 aromatic rings. The second-order valence-electron chi connectivity index (χ2n) is 8.76. The van der Waals surface area contributed by atoms with Crippen molar-refractivity contribution < 1.29 is 89.3 Å². The second kappa shape index (κ2) is 9.71. The third-order valence-electron chi connectivity index (χ3n) is 5.62. The van der Waals surface area contributed by atoms with Crippen molar-refractivity contribution in [2.45, 2.75) is 105 Å². The van der Waals surface area contributed by atoms with E-state index in [1.807, 2.05) is 0 Å². The maximum Gasteiger partial charge on any atom is 0.460 e. The molecule has 226 valence electrons. The summed E-state index contributed by atoms with van der Waals surface area (Å²) in [7, 11) is 0. The van der Waals surface area contributed by atoms with Gasteiger partial charge in [-0.2, -0.15) is 74.6 Å². The van der Waals surface area contributed by atoms with Crippen LogP contribution in [-0.2, 0) is 9.53 Å². The van der Waals surface area contributed by atoms with Crippen LogP contribution in [0.4, 0.5) is 74.6 Å². The molecule has 1 rings (SSSR count). The number of hydrogen-bond donors (Lipinski definition) is 1. The molecule has 3 nitrogen and oxygen atoms in total. The minimum absolute atomic E-state index is 0.0600. The number of halogens is 17. The van der Waals surface area contributed by atoms with Crippen molar-refractivity contribution in [3.8, 4) is 0 Å². The zero-order valence-electron chi connectivity index (χ0n) is 18.5. The number of aliphatic hydroxyl groups is 1. The number of ether oxygens (including phenoxy) is 1. The van der Waals surface area contributed by atoms with E-state index in [1.54, 1.807) is 0 Å². The molecule has 1 unspecified atom stereocenters. The van der Waals surface area contributed by atoms with Gasteiger partial charge in [-0.15, -0.1) is 0 Å². The van der Waals surface area contributed by atoms with Crippen molar-refractivity contribution in [3.05, 3.63) is 0 Å². The van der Waals surface area contributed by atoms with Gasteiger partial charge < -0.3 is 9.84 Å². The predicted octanol–water partition coefficient (Wildman–Crippen LogP) is 7.01. The first-order chi connectivity index (χ1) is 16.5. The monoisotopic (exact) mass is 604 g/mol. The van der Waals surface area contributed by atoms with E-state index in [-0.39, 0.29) is 19.8 Å². The molecule has 0 aliphatic heterocycles. The first-order valence-electron chi connectivity index (χ1n) is 10.1. The van der Waals surface area contributed by atoms with Gasteiger partial charge in [0.15, 0.2) is 5.60 Å². The van der Waals surface area contributed by atoms with E-state index >= 15 is 0 Å².